The Morgan fingerprint density at radius 1 is 1.07 bits per heavy atom. The molecule has 0 fully saturated rings. The van der Waals surface area contributed by atoms with Gasteiger partial charge in [-0.25, -0.2) is 4.68 Å². The van der Waals surface area contributed by atoms with E-state index in [2.05, 4.69) is 26.2 Å². The van der Waals surface area contributed by atoms with Crippen molar-refractivity contribution in [1.82, 2.24) is 15.0 Å². The highest BCUT2D eigenvalue weighted by Crippen LogP contribution is 2.34. The van der Waals surface area contributed by atoms with E-state index in [1.54, 1.807) is 37.1 Å². The zero-order valence-corrected chi connectivity index (χ0v) is 17.6. The van der Waals surface area contributed by atoms with Crippen LogP contribution in [0.5, 0.6) is 11.5 Å². The lowest BCUT2D eigenvalue weighted by molar-refractivity contribution is 0.104. The fourth-order valence-electron chi connectivity index (χ4n) is 2.73. The van der Waals surface area contributed by atoms with Gasteiger partial charge in [-0.3, -0.25) is 4.79 Å². The second-order valence-corrected chi connectivity index (χ2v) is 7.05. The lowest BCUT2D eigenvalue weighted by atomic mass is 10.1. The summed E-state index contributed by atoms with van der Waals surface area (Å²) in [6.07, 6.45) is 3.18. The SMILES string of the molecule is COc1cc(Br)c(C=CC(=O)c2nnn(-c3ccc(C)cc3)c2C)cc1OC. The molecule has 3 aromatic rings. The molecule has 28 heavy (non-hydrogen) atoms. The van der Waals surface area contributed by atoms with Gasteiger partial charge in [-0.15, -0.1) is 5.10 Å². The van der Waals surface area contributed by atoms with E-state index in [1.807, 2.05) is 38.1 Å². The highest BCUT2D eigenvalue weighted by molar-refractivity contribution is 9.10. The standard InChI is InChI=1S/C21H20BrN3O3/c1-13-5-8-16(9-6-13)25-14(2)21(23-24-25)18(26)10-7-15-11-19(27-3)20(28-4)12-17(15)22/h5-12H,1-4H3. The van der Waals surface area contributed by atoms with Crippen molar-refractivity contribution in [3.05, 3.63) is 69.5 Å². The molecule has 1 aromatic heterocycles. The van der Waals surface area contributed by atoms with Crippen LogP contribution in [0.4, 0.5) is 0 Å². The van der Waals surface area contributed by atoms with Gasteiger partial charge in [0.25, 0.3) is 0 Å². The molecule has 0 aliphatic carbocycles. The van der Waals surface area contributed by atoms with Gasteiger partial charge in [0.15, 0.2) is 17.2 Å². The maximum Gasteiger partial charge on any atom is 0.208 e. The molecule has 2 aromatic carbocycles. The number of carbonyl (C=O) groups is 1. The normalized spacial score (nSPS) is 11.0. The maximum absolute atomic E-state index is 12.7. The van der Waals surface area contributed by atoms with Crippen molar-refractivity contribution in [2.24, 2.45) is 0 Å². The van der Waals surface area contributed by atoms with E-state index < -0.39 is 0 Å². The number of ketones is 1. The molecular formula is C21H20BrN3O3. The summed E-state index contributed by atoms with van der Waals surface area (Å²) in [4.78, 5) is 12.7. The van der Waals surface area contributed by atoms with Gasteiger partial charge in [-0.2, -0.15) is 0 Å². The van der Waals surface area contributed by atoms with Crippen LogP contribution in [0.2, 0.25) is 0 Å². The van der Waals surface area contributed by atoms with Crippen LogP contribution in [0.25, 0.3) is 11.8 Å². The number of methoxy groups -OCH3 is 2. The first-order valence-corrected chi connectivity index (χ1v) is 9.37. The number of benzene rings is 2. The average Bonchev–Trinajstić information content (AvgIpc) is 3.08. The molecule has 0 saturated carbocycles. The first-order chi connectivity index (χ1) is 13.4. The second kappa shape index (κ2) is 8.39. The lowest BCUT2D eigenvalue weighted by Gasteiger charge is -2.09. The Morgan fingerprint density at radius 2 is 1.71 bits per heavy atom. The molecule has 0 bridgehead atoms. The average molecular weight is 442 g/mol. The molecule has 0 radical (unpaired) electrons. The monoisotopic (exact) mass is 441 g/mol. The predicted octanol–water partition coefficient (Wildman–Crippen LogP) is 4.56. The Bertz CT molecular complexity index is 1040. The number of hydrogen-bond acceptors (Lipinski definition) is 5. The van der Waals surface area contributed by atoms with Crippen molar-refractivity contribution in [3.63, 3.8) is 0 Å². The number of rotatable bonds is 6. The van der Waals surface area contributed by atoms with Crippen LogP contribution in [0, 0.1) is 13.8 Å². The Morgan fingerprint density at radius 3 is 2.36 bits per heavy atom. The summed E-state index contributed by atoms with van der Waals surface area (Å²) in [5.41, 5.74) is 3.80. The molecule has 0 saturated heterocycles. The first-order valence-electron chi connectivity index (χ1n) is 8.58. The Hall–Kier alpha value is -2.93. The second-order valence-electron chi connectivity index (χ2n) is 6.20. The van der Waals surface area contributed by atoms with Crippen molar-refractivity contribution in [2.75, 3.05) is 14.2 Å². The number of allylic oxidation sites excluding steroid dienone is 1. The summed E-state index contributed by atoms with van der Waals surface area (Å²) in [5, 5.41) is 8.19. The quantitative estimate of drug-likeness (QED) is 0.414. The minimum atomic E-state index is -0.224. The van der Waals surface area contributed by atoms with Crippen LogP contribution in [-0.2, 0) is 0 Å². The number of aryl methyl sites for hydroxylation is 1. The molecule has 0 atom stereocenters. The third kappa shape index (κ3) is 3.99. The van der Waals surface area contributed by atoms with Gasteiger partial charge in [0, 0.05) is 4.47 Å². The molecule has 7 heteroatoms. The van der Waals surface area contributed by atoms with Crippen molar-refractivity contribution in [2.45, 2.75) is 13.8 Å². The summed E-state index contributed by atoms with van der Waals surface area (Å²) in [6.45, 7) is 3.84. The molecule has 3 rings (SSSR count). The number of aromatic nitrogens is 3. The fourth-order valence-corrected chi connectivity index (χ4v) is 3.18. The number of carbonyl (C=O) groups excluding carboxylic acids is 1. The van der Waals surface area contributed by atoms with Crippen LogP contribution in [0.1, 0.15) is 27.3 Å². The van der Waals surface area contributed by atoms with Crippen molar-refractivity contribution in [3.8, 4) is 17.2 Å². The summed E-state index contributed by atoms with van der Waals surface area (Å²) in [7, 11) is 3.14. The van der Waals surface area contributed by atoms with Gasteiger partial charge in [-0.1, -0.05) is 38.8 Å². The molecule has 0 aliphatic heterocycles. The molecule has 0 spiro atoms. The van der Waals surface area contributed by atoms with Crippen LogP contribution in [0.15, 0.2) is 46.9 Å². The molecule has 144 valence electrons. The highest BCUT2D eigenvalue weighted by atomic mass is 79.9. The van der Waals surface area contributed by atoms with E-state index in [1.165, 1.54) is 6.08 Å². The van der Waals surface area contributed by atoms with E-state index in [9.17, 15) is 4.79 Å². The fraction of sp³-hybridized carbons (Fsp3) is 0.190. The van der Waals surface area contributed by atoms with Crippen LogP contribution < -0.4 is 9.47 Å². The van der Waals surface area contributed by atoms with E-state index in [0.717, 1.165) is 21.3 Å². The molecule has 1 heterocycles. The maximum atomic E-state index is 12.7. The number of ether oxygens (including phenoxy) is 2. The molecule has 0 N–H and O–H groups in total. The number of hydrogen-bond donors (Lipinski definition) is 0. The highest BCUT2D eigenvalue weighted by Gasteiger charge is 2.15. The third-order valence-corrected chi connectivity index (χ3v) is 5.01. The topological polar surface area (TPSA) is 66.2 Å². The van der Waals surface area contributed by atoms with Crippen LogP contribution in [0.3, 0.4) is 0 Å². The molecule has 0 unspecified atom stereocenters. The molecule has 0 aliphatic rings. The molecule has 0 amide bonds. The van der Waals surface area contributed by atoms with Crippen molar-refractivity contribution in [1.29, 1.82) is 0 Å². The van der Waals surface area contributed by atoms with Crippen LogP contribution in [-0.4, -0.2) is 35.0 Å². The zero-order valence-electron chi connectivity index (χ0n) is 16.1. The minimum absolute atomic E-state index is 0.224. The minimum Gasteiger partial charge on any atom is -0.493 e. The van der Waals surface area contributed by atoms with Crippen molar-refractivity contribution < 1.29 is 14.3 Å². The van der Waals surface area contributed by atoms with Gasteiger partial charge in [0.1, 0.15) is 0 Å². The molecular weight excluding hydrogens is 422 g/mol. The van der Waals surface area contributed by atoms with Gasteiger partial charge in [0.05, 0.1) is 25.6 Å². The Labute approximate surface area is 171 Å². The van der Waals surface area contributed by atoms with E-state index >= 15 is 0 Å². The van der Waals surface area contributed by atoms with Crippen LogP contribution >= 0.6 is 15.9 Å². The third-order valence-electron chi connectivity index (χ3n) is 4.32. The van der Waals surface area contributed by atoms with E-state index in [-0.39, 0.29) is 5.78 Å². The van der Waals surface area contributed by atoms with Gasteiger partial charge >= 0.3 is 0 Å². The van der Waals surface area contributed by atoms with Gasteiger partial charge < -0.3 is 9.47 Å². The smallest absolute Gasteiger partial charge is 0.208 e. The summed E-state index contributed by atoms with van der Waals surface area (Å²) in [5.74, 6) is 0.964. The summed E-state index contributed by atoms with van der Waals surface area (Å²) >= 11 is 3.48. The number of nitrogens with zero attached hydrogens (tertiary/aromatic N) is 3. The Balaban J connectivity index is 1.87. The number of halogens is 1. The molecule has 6 nitrogen and oxygen atoms in total. The lowest BCUT2D eigenvalue weighted by Crippen LogP contribution is -2.02. The largest absolute Gasteiger partial charge is 0.493 e. The zero-order chi connectivity index (χ0) is 20.3. The Kier molecular flexibility index (Phi) is 5.94. The van der Waals surface area contributed by atoms with Gasteiger partial charge in [-0.05, 0) is 55.8 Å². The predicted molar refractivity (Wildman–Crippen MR) is 111 cm³/mol. The summed E-state index contributed by atoms with van der Waals surface area (Å²) < 4.78 is 13.0. The van der Waals surface area contributed by atoms with Crippen molar-refractivity contribution >= 4 is 27.8 Å². The summed E-state index contributed by atoms with van der Waals surface area (Å²) in [6, 6.07) is 11.5. The first kappa shape index (κ1) is 19.8. The van der Waals surface area contributed by atoms with E-state index in [0.29, 0.717) is 22.9 Å². The van der Waals surface area contributed by atoms with Gasteiger partial charge in [0.2, 0.25) is 5.78 Å². The van der Waals surface area contributed by atoms with E-state index in [4.69, 9.17) is 9.47 Å².